The molecule has 7 nitrogen and oxygen atoms in total. The Kier molecular flexibility index (Phi) is 3.79. The number of amides is 1. The van der Waals surface area contributed by atoms with Crippen LogP contribution >= 0.6 is 11.3 Å². The molecule has 0 bridgehead atoms. The Morgan fingerprint density at radius 1 is 1.68 bits per heavy atom. The molecule has 2 rings (SSSR count). The number of nitrogens with zero attached hydrogens (tertiary/aromatic N) is 2. The first kappa shape index (κ1) is 14.2. The summed E-state index contributed by atoms with van der Waals surface area (Å²) in [5.74, 6) is 0. The molecule has 0 saturated carbocycles. The van der Waals surface area contributed by atoms with Crippen LogP contribution < -0.4 is 4.72 Å². The Hall–Kier alpha value is -1.19. The number of carbonyl (C=O) groups is 1. The zero-order valence-corrected chi connectivity index (χ0v) is 12.0. The third-order valence-corrected chi connectivity index (χ3v) is 4.47. The summed E-state index contributed by atoms with van der Waals surface area (Å²) in [6.07, 6.45) is 0.895. The van der Waals surface area contributed by atoms with Crippen LogP contribution in [0.3, 0.4) is 0 Å². The molecule has 1 aromatic rings. The smallest absolute Gasteiger partial charge is 0.407 e. The van der Waals surface area contributed by atoms with Gasteiger partial charge in [-0.05, 0) is 6.42 Å². The standard InChI is InChI=1S/C10H15N3O4S2/c1-19(16,17)12-10(4-8-5-18-7-11-8)2-3-13(6-10)9(14)15/h5,7,12H,2-4,6H2,1H3,(H,14,15). The molecule has 1 aliphatic rings. The van der Waals surface area contributed by atoms with E-state index in [2.05, 4.69) is 9.71 Å². The van der Waals surface area contributed by atoms with Crippen molar-refractivity contribution in [2.24, 2.45) is 0 Å². The number of rotatable bonds is 4. The van der Waals surface area contributed by atoms with Gasteiger partial charge < -0.3 is 10.0 Å². The zero-order valence-electron chi connectivity index (χ0n) is 10.4. The summed E-state index contributed by atoms with van der Waals surface area (Å²) in [6, 6.07) is 0. The summed E-state index contributed by atoms with van der Waals surface area (Å²) >= 11 is 1.43. The number of aromatic nitrogens is 1. The SMILES string of the molecule is CS(=O)(=O)NC1(Cc2cscn2)CCN(C(=O)O)C1. The van der Waals surface area contributed by atoms with Crippen LogP contribution in [0.1, 0.15) is 12.1 Å². The van der Waals surface area contributed by atoms with E-state index in [-0.39, 0.29) is 6.54 Å². The molecule has 1 saturated heterocycles. The van der Waals surface area contributed by atoms with E-state index in [9.17, 15) is 13.2 Å². The predicted molar refractivity (Wildman–Crippen MR) is 70.7 cm³/mol. The lowest BCUT2D eigenvalue weighted by atomic mass is 9.94. The van der Waals surface area contributed by atoms with E-state index in [0.717, 1.165) is 11.9 Å². The Morgan fingerprint density at radius 3 is 2.89 bits per heavy atom. The van der Waals surface area contributed by atoms with Gasteiger partial charge in [0.05, 0.1) is 23.0 Å². The van der Waals surface area contributed by atoms with Crippen molar-refractivity contribution in [3.05, 3.63) is 16.6 Å². The van der Waals surface area contributed by atoms with Gasteiger partial charge in [-0.3, -0.25) is 0 Å². The topological polar surface area (TPSA) is 99.6 Å². The molecule has 2 heterocycles. The molecule has 19 heavy (non-hydrogen) atoms. The highest BCUT2D eigenvalue weighted by atomic mass is 32.2. The minimum absolute atomic E-state index is 0.146. The number of thiazole rings is 1. The van der Waals surface area contributed by atoms with Gasteiger partial charge in [-0.15, -0.1) is 11.3 Å². The molecule has 1 unspecified atom stereocenters. The van der Waals surface area contributed by atoms with Gasteiger partial charge in [-0.2, -0.15) is 0 Å². The van der Waals surface area contributed by atoms with Crippen LogP contribution in [0.4, 0.5) is 4.79 Å². The molecule has 1 atom stereocenters. The lowest BCUT2D eigenvalue weighted by Gasteiger charge is -2.28. The van der Waals surface area contributed by atoms with Crippen molar-refractivity contribution in [2.45, 2.75) is 18.4 Å². The second-order valence-electron chi connectivity index (χ2n) is 4.77. The molecule has 0 aliphatic carbocycles. The molecule has 106 valence electrons. The first-order chi connectivity index (χ1) is 8.80. The Balaban J connectivity index is 2.22. The molecule has 1 fully saturated rings. The van der Waals surface area contributed by atoms with Crippen molar-refractivity contribution in [1.29, 1.82) is 0 Å². The zero-order chi connectivity index (χ0) is 14.1. The fraction of sp³-hybridized carbons (Fsp3) is 0.600. The monoisotopic (exact) mass is 305 g/mol. The van der Waals surface area contributed by atoms with Crippen molar-refractivity contribution >= 4 is 27.5 Å². The third kappa shape index (κ3) is 3.64. The summed E-state index contributed by atoms with van der Waals surface area (Å²) < 4.78 is 25.6. The number of nitrogens with one attached hydrogen (secondary N) is 1. The van der Waals surface area contributed by atoms with E-state index in [1.807, 2.05) is 5.38 Å². The van der Waals surface area contributed by atoms with E-state index >= 15 is 0 Å². The summed E-state index contributed by atoms with van der Waals surface area (Å²) in [5.41, 5.74) is 1.65. The van der Waals surface area contributed by atoms with Gasteiger partial charge in [0.15, 0.2) is 0 Å². The highest BCUT2D eigenvalue weighted by molar-refractivity contribution is 7.88. The lowest BCUT2D eigenvalue weighted by Crippen LogP contribution is -2.52. The Morgan fingerprint density at radius 2 is 2.42 bits per heavy atom. The van der Waals surface area contributed by atoms with Crippen LogP contribution in [0.15, 0.2) is 10.9 Å². The maximum absolute atomic E-state index is 11.5. The van der Waals surface area contributed by atoms with Gasteiger partial charge in [0, 0.05) is 24.9 Å². The van der Waals surface area contributed by atoms with Crippen LogP contribution in [-0.2, 0) is 16.4 Å². The molecule has 2 N–H and O–H groups in total. The van der Waals surface area contributed by atoms with Crippen LogP contribution in [0, 0.1) is 0 Å². The average molecular weight is 305 g/mol. The third-order valence-electron chi connectivity index (χ3n) is 3.03. The molecular weight excluding hydrogens is 290 g/mol. The average Bonchev–Trinajstić information content (AvgIpc) is 2.86. The molecule has 1 aliphatic heterocycles. The van der Waals surface area contributed by atoms with E-state index in [1.165, 1.54) is 16.2 Å². The number of sulfonamides is 1. The maximum atomic E-state index is 11.5. The van der Waals surface area contributed by atoms with Gasteiger partial charge in [-0.25, -0.2) is 22.9 Å². The minimum atomic E-state index is -3.41. The van der Waals surface area contributed by atoms with Gasteiger partial charge in [0.1, 0.15) is 0 Å². The molecule has 0 spiro atoms. The molecule has 1 amide bonds. The van der Waals surface area contributed by atoms with Gasteiger partial charge in [0.25, 0.3) is 0 Å². The van der Waals surface area contributed by atoms with Crippen molar-refractivity contribution in [3.63, 3.8) is 0 Å². The summed E-state index contributed by atoms with van der Waals surface area (Å²) in [5, 5.41) is 10.8. The number of carboxylic acid groups (broad SMARTS) is 1. The van der Waals surface area contributed by atoms with Gasteiger partial charge in [0.2, 0.25) is 10.0 Å². The highest BCUT2D eigenvalue weighted by Gasteiger charge is 2.42. The van der Waals surface area contributed by atoms with Crippen molar-refractivity contribution in [1.82, 2.24) is 14.6 Å². The van der Waals surface area contributed by atoms with Crippen molar-refractivity contribution in [3.8, 4) is 0 Å². The fourth-order valence-corrected chi connectivity index (χ4v) is 3.95. The molecule has 0 aromatic carbocycles. The molecule has 0 radical (unpaired) electrons. The van der Waals surface area contributed by atoms with Crippen LogP contribution in [0.25, 0.3) is 0 Å². The van der Waals surface area contributed by atoms with Gasteiger partial charge in [-0.1, -0.05) is 0 Å². The van der Waals surface area contributed by atoms with E-state index in [1.54, 1.807) is 5.51 Å². The number of likely N-dealkylation sites (tertiary alicyclic amines) is 1. The van der Waals surface area contributed by atoms with Crippen molar-refractivity contribution < 1.29 is 18.3 Å². The molecular formula is C10H15N3O4S2. The van der Waals surface area contributed by atoms with Gasteiger partial charge >= 0.3 is 6.09 Å². The normalized spacial score (nSPS) is 23.7. The summed E-state index contributed by atoms with van der Waals surface area (Å²) in [7, 11) is -3.41. The number of hydrogen-bond donors (Lipinski definition) is 2. The van der Waals surface area contributed by atoms with E-state index in [4.69, 9.17) is 5.11 Å². The van der Waals surface area contributed by atoms with E-state index < -0.39 is 21.7 Å². The van der Waals surface area contributed by atoms with Crippen LogP contribution in [0.5, 0.6) is 0 Å². The summed E-state index contributed by atoms with van der Waals surface area (Å²) in [4.78, 5) is 16.4. The van der Waals surface area contributed by atoms with E-state index in [0.29, 0.717) is 19.4 Å². The largest absolute Gasteiger partial charge is 0.465 e. The highest BCUT2D eigenvalue weighted by Crippen LogP contribution is 2.26. The lowest BCUT2D eigenvalue weighted by molar-refractivity contribution is 0.152. The quantitative estimate of drug-likeness (QED) is 0.836. The Bertz CT molecular complexity index is 557. The first-order valence-electron chi connectivity index (χ1n) is 5.64. The maximum Gasteiger partial charge on any atom is 0.407 e. The van der Waals surface area contributed by atoms with Crippen LogP contribution in [0.2, 0.25) is 0 Å². The number of hydrogen-bond acceptors (Lipinski definition) is 5. The summed E-state index contributed by atoms with van der Waals surface area (Å²) in [6.45, 7) is 0.467. The molecule has 1 aromatic heterocycles. The second kappa shape index (κ2) is 5.06. The first-order valence-corrected chi connectivity index (χ1v) is 8.47. The minimum Gasteiger partial charge on any atom is -0.465 e. The Labute approximate surface area is 115 Å². The second-order valence-corrected chi connectivity index (χ2v) is 7.23. The fourth-order valence-electron chi connectivity index (χ4n) is 2.36. The van der Waals surface area contributed by atoms with Crippen molar-refractivity contribution in [2.75, 3.05) is 19.3 Å². The van der Waals surface area contributed by atoms with Crippen LogP contribution in [-0.4, -0.2) is 54.4 Å². The molecule has 9 heteroatoms. The predicted octanol–water partition coefficient (Wildman–Crippen LogP) is 0.357.